The van der Waals surface area contributed by atoms with E-state index >= 15 is 0 Å². The molecule has 0 saturated carbocycles. The van der Waals surface area contributed by atoms with Crippen molar-refractivity contribution >= 4 is 11.6 Å². The van der Waals surface area contributed by atoms with Gasteiger partial charge >= 0.3 is 0 Å². The van der Waals surface area contributed by atoms with E-state index in [1.165, 1.54) is 6.07 Å². The van der Waals surface area contributed by atoms with Crippen molar-refractivity contribution in [3.63, 3.8) is 0 Å². The van der Waals surface area contributed by atoms with Gasteiger partial charge in [0.2, 0.25) is 0 Å². The minimum atomic E-state index is -0.451. The fourth-order valence-electron chi connectivity index (χ4n) is 2.16. The van der Waals surface area contributed by atoms with E-state index < -0.39 is 11.6 Å². The summed E-state index contributed by atoms with van der Waals surface area (Å²) < 4.78 is 27.1. The smallest absolute Gasteiger partial charge is 0.126 e. The van der Waals surface area contributed by atoms with Gasteiger partial charge in [0.05, 0.1) is 16.8 Å². The van der Waals surface area contributed by atoms with Crippen LogP contribution >= 0.6 is 11.6 Å². The van der Waals surface area contributed by atoms with Crippen LogP contribution in [0.2, 0.25) is 5.02 Å². The van der Waals surface area contributed by atoms with Crippen molar-refractivity contribution in [2.45, 2.75) is 25.8 Å². The maximum Gasteiger partial charge on any atom is 0.126 e. The SMILES string of the molecule is CCCNC(Cc1cc(F)ccc1F)c1ncccc1Cl. The lowest BCUT2D eigenvalue weighted by Gasteiger charge is -2.19. The average molecular weight is 311 g/mol. The number of nitrogens with zero attached hydrogens (tertiary/aromatic N) is 1. The van der Waals surface area contributed by atoms with E-state index in [9.17, 15) is 8.78 Å². The Kier molecular flexibility index (Phi) is 5.65. The van der Waals surface area contributed by atoms with Crippen molar-refractivity contribution in [3.8, 4) is 0 Å². The molecule has 0 aliphatic rings. The summed E-state index contributed by atoms with van der Waals surface area (Å²) in [4.78, 5) is 4.27. The lowest BCUT2D eigenvalue weighted by atomic mass is 10.0. The standard InChI is InChI=1S/C16H17ClF2N2/c1-2-7-20-15(16-13(17)4-3-8-21-16)10-11-9-12(18)5-6-14(11)19/h3-6,8-9,15,20H,2,7,10H2,1H3. The highest BCUT2D eigenvalue weighted by Gasteiger charge is 2.18. The molecule has 1 unspecified atom stereocenters. The van der Waals surface area contributed by atoms with Crippen molar-refractivity contribution in [1.29, 1.82) is 0 Å². The van der Waals surface area contributed by atoms with Crippen LogP contribution < -0.4 is 5.32 Å². The Labute approximate surface area is 128 Å². The van der Waals surface area contributed by atoms with Crippen molar-refractivity contribution in [1.82, 2.24) is 10.3 Å². The molecule has 21 heavy (non-hydrogen) atoms. The zero-order valence-electron chi connectivity index (χ0n) is 11.7. The molecule has 112 valence electrons. The third kappa shape index (κ3) is 4.22. The number of nitrogens with one attached hydrogen (secondary N) is 1. The highest BCUT2D eigenvalue weighted by atomic mass is 35.5. The van der Waals surface area contributed by atoms with E-state index in [4.69, 9.17) is 11.6 Å². The second-order valence-corrected chi connectivity index (χ2v) is 5.22. The maximum absolute atomic E-state index is 13.8. The zero-order valence-corrected chi connectivity index (χ0v) is 12.5. The van der Waals surface area contributed by atoms with Gasteiger partial charge in [-0.15, -0.1) is 0 Å². The van der Waals surface area contributed by atoms with Gasteiger partial charge in [0.25, 0.3) is 0 Å². The van der Waals surface area contributed by atoms with E-state index in [-0.39, 0.29) is 6.04 Å². The normalized spacial score (nSPS) is 12.4. The maximum atomic E-state index is 13.8. The monoisotopic (exact) mass is 310 g/mol. The average Bonchev–Trinajstić information content (AvgIpc) is 2.48. The van der Waals surface area contributed by atoms with Crippen LogP contribution in [0.15, 0.2) is 36.5 Å². The first-order chi connectivity index (χ1) is 10.1. The fraction of sp³-hybridized carbons (Fsp3) is 0.312. The van der Waals surface area contributed by atoms with Crippen LogP contribution in [-0.4, -0.2) is 11.5 Å². The Morgan fingerprint density at radius 3 is 2.81 bits per heavy atom. The lowest BCUT2D eigenvalue weighted by molar-refractivity contribution is 0.500. The van der Waals surface area contributed by atoms with Crippen molar-refractivity contribution in [2.75, 3.05) is 6.54 Å². The van der Waals surface area contributed by atoms with Crippen LogP contribution in [0.1, 0.15) is 30.6 Å². The Morgan fingerprint density at radius 1 is 1.29 bits per heavy atom. The molecule has 2 rings (SSSR count). The third-order valence-corrected chi connectivity index (χ3v) is 3.51. The summed E-state index contributed by atoms with van der Waals surface area (Å²) in [6.45, 7) is 2.78. The third-order valence-electron chi connectivity index (χ3n) is 3.19. The van der Waals surface area contributed by atoms with Crippen LogP contribution in [0.5, 0.6) is 0 Å². The largest absolute Gasteiger partial charge is 0.308 e. The van der Waals surface area contributed by atoms with Crippen molar-refractivity contribution in [3.05, 3.63) is 64.4 Å². The minimum Gasteiger partial charge on any atom is -0.308 e. The van der Waals surface area contributed by atoms with Gasteiger partial charge in [-0.25, -0.2) is 8.78 Å². The molecule has 0 saturated heterocycles. The molecule has 1 N–H and O–H groups in total. The topological polar surface area (TPSA) is 24.9 Å². The molecule has 0 fully saturated rings. The first-order valence-corrected chi connectivity index (χ1v) is 7.27. The Bertz CT molecular complexity index is 605. The number of halogens is 3. The molecule has 1 aromatic heterocycles. The molecule has 2 aromatic rings. The molecule has 0 aliphatic heterocycles. The molecule has 0 spiro atoms. The van der Waals surface area contributed by atoms with Crippen LogP contribution in [0.4, 0.5) is 8.78 Å². The van der Waals surface area contributed by atoms with E-state index in [1.807, 2.05) is 6.92 Å². The van der Waals surface area contributed by atoms with E-state index in [0.29, 0.717) is 22.7 Å². The van der Waals surface area contributed by atoms with E-state index in [0.717, 1.165) is 25.1 Å². The van der Waals surface area contributed by atoms with Gasteiger partial charge in [-0.3, -0.25) is 4.98 Å². The summed E-state index contributed by atoms with van der Waals surface area (Å²) in [6, 6.07) is 6.70. The van der Waals surface area contributed by atoms with Gasteiger partial charge in [0.15, 0.2) is 0 Å². The molecule has 5 heteroatoms. The Balaban J connectivity index is 2.28. The summed E-state index contributed by atoms with van der Waals surface area (Å²) in [7, 11) is 0. The molecule has 0 bridgehead atoms. The molecule has 0 amide bonds. The highest BCUT2D eigenvalue weighted by Crippen LogP contribution is 2.25. The predicted octanol–water partition coefficient (Wildman–Crippen LogP) is 4.30. The minimum absolute atomic E-state index is 0.255. The van der Waals surface area contributed by atoms with Gasteiger partial charge in [-0.1, -0.05) is 18.5 Å². The second kappa shape index (κ2) is 7.48. The van der Waals surface area contributed by atoms with E-state index in [1.54, 1.807) is 18.3 Å². The molecule has 0 aliphatic carbocycles. The quantitative estimate of drug-likeness (QED) is 0.860. The number of hydrogen-bond donors (Lipinski definition) is 1. The predicted molar refractivity (Wildman–Crippen MR) is 80.3 cm³/mol. The summed E-state index contributed by atoms with van der Waals surface area (Å²) in [5.41, 5.74) is 0.960. The molecule has 1 aromatic carbocycles. The number of rotatable bonds is 6. The summed E-state index contributed by atoms with van der Waals surface area (Å²) in [5, 5.41) is 3.80. The van der Waals surface area contributed by atoms with Gasteiger partial charge in [-0.2, -0.15) is 0 Å². The molecular formula is C16H17ClF2N2. The molecule has 1 atom stereocenters. The lowest BCUT2D eigenvalue weighted by Crippen LogP contribution is -2.25. The first kappa shape index (κ1) is 15.9. The van der Waals surface area contributed by atoms with Gasteiger partial charge < -0.3 is 5.32 Å². The first-order valence-electron chi connectivity index (χ1n) is 6.89. The van der Waals surface area contributed by atoms with Gasteiger partial charge in [-0.05, 0) is 55.3 Å². The summed E-state index contributed by atoms with van der Waals surface area (Å²) in [5.74, 6) is -0.875. The number of pyridine rings is 1. The molecule has 0 radical (unpaired) electrons. The van der Waals surface area contributed by atoms with Crippen LogP contribution in [0, 0.1) is 11.6 Å². The van der Waals surface area contributed by atoms with Crippen LogP contribution in [0.3, 0.4) is 0 Å². The van der Waals surface area contributed by atoms with Crippen molar-refractivity contribution in [2.24, 2.45) is 0 Å². The number of benzene rings is 1. The zero-order chi connectivity index (χ0) is 15.2. The van der Waals surface area contributed by atoms with Crippen LogP contribution in [0.25, 0.3) is 0 Å². The number of aromatic nitrogens is 1. The summed E-state index contributed by atoms with van der Waals surface area (Å²) >= 11 is 6.16. The molecule has 2 nitrogen and oxygen atoms in total. The summed E-state index contributed by atoms with van der Waals surface area (Å²) in [6.07, 6.45) is 2.86. The Morgan fingerprint density at radius 2 is 2.10 bits per heavy atom. The van der Waals surface area contributed by atoms with Gasteiger partial charge in [0.1, 0.15) is 11.6 Å². The second-order valence-electron chi connectivity index (χ2n) is 4.82. The highest BCUT2D eigenvalue weighted by molar-refractivity contribution is 6.31. The molecular weight excluding hydrogens is 294 g/mol. The van der Waals surface area contributed by atoms with Gasteiger partial charge in [0, 0.05) is 6.20 Å². The fourth-order valence-corrected chi connectivity index (χ4v) is 2.41. The number of hydrogen-bond acceptors (Lipinski definition) is 2. The van der Waals surface area contributed by atoms with E-state index in [2.05, 4.69) is 10.3 Å². The molecule has 1 heterocycles. The van der Waals surface area contributed by atoms with Crippen molar-refractivity contribution < 1.29 is 8.78 Å². The van der Waals surface area contributed by atoms with Crippen LogP contribution in [-0.2, 0) is 6.42 Å². The Hall–Kier alpha value is -1.52.